The maximum Gasteiger partial charge on any atom is 0.318 e. The Bertz CT molecular complexity index is 572. The first-order chi connectivity index (χ1) is 11.0. The standard InChI is InChI=1S/C16H26N4O3/c1-10(2)20-15-5-12(4-3-11(15)7-17-20)18-16(23)19-8-14(22)6-13(19)9-21/h7,10,12-14,21-22H,3-6,8-9H2,1-2H3,(H,18,23)/t12-,13-,14-/m0/s1. The van der Waals surface area contributed by atoms with Crippen LogP contribution in [0.3, 0.4) is 0 Å². The highest BCUT2D eigenvalue weighted by Crippen LogP contribution is 2.24. The quantitative estimate of drug-likeness (QED) is 0.754. The number of aryl methyl sites for hydroxylation is 1. The molecule has 1 aromatic rings. The van der Waals surface area contributed by atoms with E-state index < -0.39 is 6.10 Å². The number of nitrogens with one attached hydrogen (secondary N) is 1. The highest BCUT2D eigenvalue weighted by atomic mass is 16.3. The van der Waals surface area contributed by atoms with Crippen LogP contribution >= 0.6 is 0 Å². The van der Waals surface area contributed by atoms with Crippen molar-refractivity contribution in [2.24, 2.45) is 0 Å². The Morgan fingerprint density at radius 3 is 3.00 bits per heavy atom. The van der Waals surface area contributed by atoms with E-state index in [4.69, 9.17) is 0 Å². The molecular formula is C16H26N4O3. The van der Waals surface area contributed by atoms with Gasteiger partial charge in [0.15, 0.2) is 0 Å². The zero-order valence-corrected chi connectivity index (χ0v) is 13.8. The van der Waals surface area contributed by atoms with Crippen LogP contribution in [0.15, 0.2) is 6.20 Å². The van der Waals surface area contributed by atoms with Gasteiger partial charge >= 0.3 is 6.03 Å². The molecule has 0 aromatic carbocycles. The number of likely N-dealkylation sites (tertiary alicyclic amines) is 1. The third-order valence-electron chi connectivity index (χ3n) is 4.87. The number of fused-ring (bicyclic) bond motifs is 1. The number of rotatable bonds is 3. The lowest BCUT2D eigenvalue weighted by molar-refractivity contribution is 0.151. The van der Waals surface area contributed by atoms with E-state index in [2.05, 4.69) is 24.3 Å². The molecular weight excluding hydrogens is 296 g/mol. The number of carbonyl (C=O) groups excluding carboxylic acids is 1. The van der Waals surface area contributed by atoms with E-state index in [9.17, 15) is 15.0 Å². The van der Waals surface area contributed by atoms with E-state index in [0.29, 0.717) is 19.0 Å². The molecule has 7 heteroatoms. The van der Waals surface area contributed by atoms with Gasteiger partial charge in [0, 0.05) is 30.7 Å². The minimum atomic E-state index is -0.543. The third kappa shape index (κ3) is 3.21. The number of aromatic nitrogens is 2. The molecule has 1 aliphatic heterocycles. The fourth-order valence-electron chi connectivity index (χ4n) is 3.66. The summed E-state index contributed by atoms with van der Waals surface area (Å²) < 4.78 is 2.03. The summed E-state index contributed by atoms with van der Waals surface area (Å²) in [6.45, 7) is 4.39. The molecule has 2 amide bonds. The van der Waals surface area contributed by atoms with Crippen molar-refractivity contribution in [1.82, 2.24) is 20.0 Å². The van der Waals surface area contributed by atoms with Gasteiger partial charge in [-0.2, -0.15) is 5.10 Å². The van der Waals surface area contributed by atoms with Gasteiger partial charge in [-0.25, -0.2) is 4.79 Å². The van der Waals surface area contributed by atoms with Gasteiger partial charge in [0.2, 0.25) is 0 Å². The second kappa shape index (κ2) is 6.49. The Balaban J connectivity index is 1.65. The van der Waals surface area contributed by atoms with Crippen molar-refractivity contribution < 1.29 is 15.0 Å². The van der Waals surface area contributed by atoms with Gasteiger partial charge in [-0.15, -0.1) is 0 Å². The maximum atomic E-state index is 12.5. The number of nitrogens with zero attached hydrogens (tertiary/aromatic N) is 3. The molecule has 3 rings (SSSR count). The van der Waals surface area contributed by atoms with Crippen LogP contribution in [0, 0.1) is 0 Å². The van der Waals surface area contributed by atoms with Crippen LogP contribution in [-0.2, 0) is 12.8 Å². The van der Waals surface area contributed by atoms with E-state index in [1.165, 1.54) is 11.3 Å². The average Bonchev–Trinajstić information content (AvgIpc) is 3.09. The molecule has 2 aliphatic rings. The number of amides is 2. The number of hydrogen-bond acceptors (Lipinski definition) is 4. The van der Waals surface area contributed by atoms with Crippen LogP contribution in [0.4, 0.5) is 4.79 Å². The molecule has 1 saturated heterocycles. The van der Waals surface area contributed by atoms with Crippen molar-refractivity contribution in [3.05, 3.63) is 17.5 Å². The Labute approximate surface area is 136 Å². The molecule has 3 N–H and O–H groups in total. The summed E-state index contributed by atoms with van der Waals surface area (Å²) in [7, 11) is 0. The highest BCUT2D eigenvalue weighted by molar-refractivity contribution is 5.75. The number of carbonyl (C=O) groups is 1. The van der Waals surface area contributed by atoms with Crippen molar-refractivity contribution in [3.8, 4) is 0 Å². The zero-order valence-electron chi connectivity index (χ0n) is 13.8. The largest absolute Gasteiger partial charge is 0.394 e. The van der Waals surface area contributed by atoms with Gasteiger partial charge < -0.3 is 20.4 Å². The molecule has 0 spiro atoms. The highest BCUT2D eigenvalue weighted by Gasteiger charge is 2.35. The lowest BCUT2D eigenvalue weighted by Gasteiger charge is -2.29. The molecule has 0 radical (unpaired) electrons. The van der Waals surface area contributed by atoms with Crippen molar-refractivity contribution >= 4 is 6.03 Å². The minimum absolute atomic E-state index is 0.0706. The second-order valence-corrected chi connectivity index (χ2v) is 6.92. The van der Waals surface area contributed by atoms with Gasteiger partial charge in [0.05, 0.1) is 24.9 Å². The first-order valence-corrected chi connectivity index (χ1v) is 8.41. The first kappa shape index (κ1) is 16.3. The molecule has 1 aromatic heterocycles. The van der Waals surface area contributed by atoms with Crippen LogP contribution in [0.5, 0.6) is 0 Å². The van der Waals surface area contributed by atoms with Crippen LogP contribution in [0.1, 0.15) is 44.0 Å². The van der Waals surface area contributed by atoms with E-state index >= 15 is 0 Å². The Morgan fingerprint density at radius 2 is 2.30 bits per heavy atom. The normalized spacial score (nSPS) is 27.3. The minimum Gasteiger partial charge on any atom is -0.394 e. The van der Waals surface area contributed by atoms with Crippen molar-refractivity contribution in [1.29, 1.82) is 0 Å². The Hall–Kier alpha value is -1.60. The zero-order chi connectivity index (χ0) is 16.6. The monoisotopic (exact) mass is 322 g/mol. The van der Waals surface area contributed by atoms with Gasteiger partial charge in [-0.3, -0.25) is 4.68 Å². The molecule has 7 nitrogen and oxygen atoms in total. The molecule has 0 saturated carbocycles. The molecule has 3 atom stereocenters. The molecule has 23 heavy (non-hydrogen) atoms. The van der Waals surface area contributed by atoms with E-state index in [-0.39, 0.29) is 24.7 Å². The molecule has 2 heterocycles. The van der Waals surface area contributed by atoms with Crippen molar-refractivity contribution in [3.63, 3.8) is 0 Å². The first-order valence-electron chi connectivity index (χ1n) is 8.41. The fraction of sp³-hybridized carbons (Fsp3) is 0.750. The van der Waals surface area contributed by atoms with Gasteiger partial charge in [-0.05, 0) is 38.7 Å². The van der Waals surface area contributed by atoms with Crippen LogP contribution in [0.2, 0.25) is 0 Å². The average molecular weight is 322 g/mol. The maximum absolute atomic E-state index is 12.5. The summed E-state index contributed by atoms with van der Waals surface area (Å²) in [5, 5.41) is 26.6. The fourth-order valence-corrected chi connectivity index (χ4v) is 3.66. The van der Waals surface area contributed by atoms with Crippen LogP contribution in [0.25, 0.3) is 0 Å². The van der Waals surface area contributed by atoms with Crippen molar-refractivity contribution in [2.45, 2.75) is 63.8 Å². The number of urea groups is 1. The lowest BCUT2D eigenvalue weighted by atomic mass is 9.93. The SMILES string of the molecule is CC(C)n1ncc2c1C[C@@H](NC(=O)N1C[C@@H](O)C[C@H]1CO)CC2. The lowest BCUT2D eigenvalue weighted by Crippen LogP contribution is -2.49. The number of β-amino-alcohol motifs (C(OH)–C–C–N with tert-alkyl or cyclic N) is 1. The van der Waals surface area contributed by atoms with Crippen LogP contribution < -0.4 is 5.32 Å². The van der Waals surface area contributed by atoms with Gasteiger partial charge in [0.1, 0.15) is 0 Å². The van der Waals surface area contributed by atoms with Crippen molar-refractivity contribution in [2.75, 3.05) is 13.2 Å². The smallest absolute Gasteiger partial charge is 0.318 e. The summed E-state index contributed by atoms with van der Waals surface area (Å²) in [5.41, 5.74) is 2.48. The topological polar surface area (TPSA) is 90.6 Å². The van der Waals surface area contributed by atoms with Crippen LogP contribution in [-0.4, -0.2) is 62.3 Å². The summed E-state index contributed by atoms with van der Waals surface area (Å²) in [4.78, 5) is 14.0. The molecule has 0 unspecified atom stereocenters. The summed E-state index contributed by atoms with van der Waals surface area (Å²) in [6.07, 6.45) is 4.42. The predicted molar refractivity (Wildman–Crippen MR) is 85.2 cm³/mol. The Morgan fingerprint density at radius 1 is 1.52 bits per heavy atom. The summed E-state index contributed by atoms with van der Waals surface area (Å²) in [5.74, 6) is 0. The second-order valence-electron chi connectivity index (χ2n) is 6.92. The summed E-state index contributed by atoms with van der Waals surface area (Å²) >= 11 is 0. The molecule has 1 fully saturated rings. The number of aliphatic hydroxyl groups excluding tert-OH is 2. The van der Waals surface area contributed by atoms with E-state index in [0.717, 1.165) is 19.3 Å². The van der Waals surface area contributed by atoms with E-state index in [1.54, 1.807) is 4.90 Å². The summed E-state index contributed by atoms with van der Waals surface area (Å²) in [6, 6.07) is -0.100. The van der Waals surface area contributed by atoms with E-state index in [1.807, 2.05) is 10.9 Å². The number of hydrogen-bond donors (Lipinski definition) is 3. The molecule has 0 bridgehead atoms. The Kier molecular flexibility index (Phi) is 4.59. The van der Waals surface area contributed by atoms with Gasteiger partial charge in [-0.1, -0.05) is 0 Å². The molecule has 1 aliphatic carbocycles. The predicted octanol–water partition coefficient (Wildman–Crippen LogP) is 0.458. The number of aliphatic hydroxyl groups is 2. The molecule has 128 valence electrons. The third-order valence-corrected chi connectivity index (χ3v) is 4.87. The van der Waals surface area contributed by atoms with Gasteiger partial charge in [0.25, 0.3) is 0 Å².